The van der Waals surface area contributed by atoms with E-state index in [-0.39, 0.29) is 6.42 Å². The monoisotopic (exact) mass is 796 g/mol. The standard InChI is InChI=1S/C44H49ClN4O8/c1-7-8-9-10-35(47-41(51)30-14-12-28(13-15-30)29-16-19-32(45)20-17-29)43(53)49(3)39-31-18-22-38(56-5)34(25-31)33-23-27(11-21-37(33)55-4)24-36(44(54)57-6)48-40(50)26(2)46-42(39)52/h11-23,25-26,35-36,39H,7-10,24H2,1-6H3,(H,46,52)(H,47,51)(H,48,50)/t26-,35-,36-,39-/m0/s1. The molecule has 0 aromatic heterocycles. The number of carbonyl (C=O) groups is 5. The van der Waals surface area contributed by atoms with E-state index in [1.54, 1.807) is 54.6 Å². The molecule has 300 valence electrons. The number of benzene rings is 4. The number of unbranched alkanes of at least 4 members (excludes halogenated alkanes) is 2. The van der Waals surface area contributed by atoms with Gasteiger partial charge in [0.25, 0.3) is 5.91 Å². The predicted octanol–water partition coefficient (Wildman–Crippen LogP) is 6.29. The molecule has 3 N–H and O–H groups in total. The summed E-state index contributed by atoms with van der Waals surface area (Å²) in [5.41, 5.74) is 4.45. The average molecular weight is 797 g/mol. The zero-order valence-electron chi connectivity index (χ0n) is 33.0. The third kappa shape index (κ3) is 10.1. The molecular weight excluding hydrogens is 748 g/mol. The number of methoxy groups -OCH3 is 3. The van der Waals surface area contributed by atoms with Gasteiger partial charge in [-0.2, -0.15) is 0 Å². The fraction of sp³-hybridized carbons (Fsp3) is 0.341. The lowest BCUT2D eigenvalue weighted by Crippen LogP contribution is -2.55. The largest absolute Gasteiger partial charge is 0.496 e. The van der Waals surface area contributed by atoms with Gasteiger partial charge in [0.05, 0.1) is 21.3 Å². The molecule has 4 aromatic carbocycles. The van der Waals surface area contributed by atoms with Crippen LogP contribution in [0.5, 0.6) is 11.5 Å². The Morgan fingerprint density at radius 1 is 0.825 bits per heavy atom. The normalized spacial score (nSPS) is 17.2. The number of esters is 1. The summed E-state index contributed by atoms with van der Waals surface area (Å²) in [4.78, 5) is 70.3. The van der Waals surface area contributed by atoms with Crippen molar-refractivity contribution in [2.75, 3.05) is 28.4 Å². The molecule has 4 bridgehead atoms. The number of amides is 4. The van der Waals surface area contributed by atoms with Gasteiger partial charge in [-0.25, -0.2) is 4.79 Å². The lowest BCUT2D eigenvalue weighted by molar-refractivity contribution is -0.145. The first-order valence-electron chi connectivity index (χ1n) is 18.9. The van der Waals surface area contributed by atoms with Crippen molar-refractivity contribution in [2.24, 2.45) is 0 Å². The van der Waals surface area contributed by atoms with Crippen LogP contribution >= 0.6 is 11.6 Å². The molecule has 4 atom stereocenters. The van der Waals surface area contributed by atoms with Crippen LogP contribution in [0.4, 0.5) is 0 Å². The van der Waals surface area contributed by atoms with Gasteiger partial charge in [0.1, 0.15) is 35.7 Å². The fourth-order valence-electron chi connectivity index (χ4n) is 6.90. The Balaban J connectivity index is 1.54. The smallest absolute Gasteiger partial charge is 0.328 e. The topological polar surface area (TPSA) is 152 Å². The number of hydrogen-bond acceptors (Lipinski definition) is 8. The highest BCUT2D eigenvalue weighted by Gasteiger charge is 2.36. The second kappa shape index (κ2) is 19.3. The Bertz CT molecular complexity index is 2090. The van der Waals surface area contributed by atoms with E-state index in [4.69, 9.17) is 25.8 Å². The quantitative estimate of drug-likeness (QED) is 0.112. The van der Waals surface area contributed by atoms with Crippen LogP contribution in [0, 0.1) is 0 Å². The molecule has 0 aliphatic carbocycles. The van der Waals surface area contributed by atoms with E-state index in [9.17, 15) is 24.0 Å². The summed E-state index contributed by atoms with van der Waals surface area (Å²) in [6, 6.07) is 20.5. The summed E-state index contributed by atoms with van der Waals surface area (Å²) < 4.78 is 16.5. The lowest BCUT2D eigenvalue weighted by Gasteiger charge is -2.32. The van der Waals surface area contributed by atoms with Gasteiger partial charge >= 0.3 is 5.97 Å². The van der Waals surface area contributed by atoms with Crippen LogP contribution in [-0.2, 0) is 30.3 Å². The number of carbonyl (C=O) groups excluding carboxylic acids is 5. The number of hydrogen-bond donors (Lipinski definition) is 3. The molecule has 1 heterocycles. The number of nitrogens with one attached hydrogen (secondary N) is 3. The number of rotatable bonds is 12. The zero-order chi connectivity index (χ0) is 41.2. The Labute approximate surface area is 338 Å². The van der Waals surface area contributed by atoms with Gasteiger partial charge in [0.15, 0.2) is 0 Å². The van der Waals surface area contributed by atoms with Gasteiger partial charge < -0.3 is 35.1 Å². The highest BCUT2D eigenvalue weighted by Crippen LogP contribution is 2.40. The van der Waals surface area contributed by atoms with Crippen molar-refractivity contribution in [2.45, 2.75) is 70.1 Å². The minimum Gasteiger partial charge on any atom is -0.496 e. The first-order chi connectivity index (χ1) is 27.4. The fourth-order valence-corrected chi connectivity index (χ4v) is 7.03. The predicted molar refractivity (Wildman–Crippen MR) is 218 cm³/mol. The average Bonchev–Trinajstić information content (AvgIpc) is 3.22. The van der Waals surface area contributed by atoms with Gasteiger partial charge in [-0.15, -0.1) is 0 Å². The van der Waals surface area contributed by atoms with Gasteiger partial charge in [-0.05, 0) is 84.1 Å². The van der Waals surface area contributed by atoms with E-state index in [1.165, 1.54) is 40.2 Å². The van der Waals surface area contributed by atoms with Crippen molar-refractivity contribution in [3.8, 4) is 33.8 Å². The van der Waals surface area contributed by atoms with Crippen molar-refractivity contribution in [3.05, 3.63) is 107 Å². The Kier molecular flexibility index (Phi) is 14.3. The van der Waals surface area contributed by atoms with Gasteiger partial charge in [0.2, 0.25) is 17.7 Å². The number of halogens is 1. The molecule has 13 heteroatoms. The van der Waals surface area contributed by atoms with Crippen LogP contribution in [0.1, 0.15) is 67.1 Å². The molecule has 0 radical (unpaired) electrons. The maximum atomic E-state index is 14.6. The third-order valence-electron chi connectivity index (χ3n) is 10.1. The molecule has 0 spiro atoms. The van der Waals surface area contributed by atoms with Crippen LogP contribution in [0.15, 0.2) is 84.9 Å². The summed E-state index contributed by atoms with van der Waals surface area (Å²) in [5.74, 6) is -1.94. The summed E-state index contributed by atoms with van der Waals surface area (Å²) in [5, 5.41) is 9.01. The first kappa shape index (κ1) is 42.3. The number of nitrogens with zero attached hydrogens (tertiary/aromatic N) is 1. The summed E-state index contributed by atoms with van der Waals surface area (Å²) >= 11 is 6.06. The Hall–Kier alpha value is -5.88. The molecule has 0 saturated carbocycles. The molecule has 57 heavy (non-hydrogen) atoms. The van der Waals surface area contributed by atoms with Crippen molar-refractivity contribution in [1.29, 1.82) is 0 Å². The van der Waals surface area contributed by atoms with Gasteiger partial charge in [-0.1, -0.05) is 74.2 Å². The molecular formula is C44H49ClN4O8. The van der Waals surface area contributed by atoms with E-state index >= 15 is 0 Å². The van der Waals surface area contributed by atoms with E-state index in [2.05, 4.69) is 16.0 Å². The number of ether oxygens (including phenoxy) is 3. The van der Waals surface area contributed by atoms with Crippen LogP contribution in [0.2, 0.25) is 5.02 Å². The second-order valence-electron chi connectivity index (χ2n) is 14.0. The Morgan fingerprint density at radius 3 is 2.05 bits per heavy atom. The minimum absolute atomic E-state index is 0.0928. The molecule has 0 unspecified atom stereocenters. The Morgan fingerprint density at radius 2 is 1.44 bits per heavy atom. The van der Waals surface area contributed by atoms with Crippen LogP contribution < -0.4 is 25.4 Å². The van der Waals surface area contributed by atoms with Crippen LogP contribution in [0.25, 0.3) is 22.3 Å². The van der Waals surface area contributed by atoms with E-state index in [0.29, 0.717) is 57.2 Å². The highest BCUT2D eigenvalue weighted by atomic mass is 35.5. The highest BCUT2D eigenvalue weighted by molar-refractivity contribution is 6.30. The zero-order valence-corrected chi connectivity index (χ0v) is 33.8. The first-order valence-corrected chi connectivity index (χ1v) is 19.2. The maximum Gasteiger partial charge on any atom is 0.328 e. The van der Waals surface area contributed by atoms with Crippen molar-refractivity contribution < 1.29 is 38.2 Å². The SMILES string of the molecule is CCCCC[C@H](NC(=O)c1ccc(-c2ccc(Cl)cc2)cc1)C(=O)N(C)[C@@H]1C(=O)N[C@@H](C)C(=O)N[C@H](C(=O)OC)Cc2ccc(OC)c(c2)-c2cc1ccc2OC. The van der Waals surface area contributed by atoms with E-state index < -0.39 is 53.8 Å². The van der Waals surface area contributed by atoms with Crippen molar-refractivity contribution in [1.82, 2.24) is 20.9 Å². The van der Waals surface area contributed by atoms with Crippen molar-refractivity contribution >= 4 is 41.2 Å². The summed E-state index contributed by atoms with van der Waals surface area (Å²) in [6.45, 7) is 3.53. The minimum atomic E-state index is -1.27. The summed E-state index contributed by atoms with van der Waals surface area (Å²) in [6.07, 6.45) is 2.78. The molecule has 0 saturated heterocycles. The second-order valence-corrected chi connectivity index (χ2v) is 14.4. The molecule has 5 rings (SSSR count). The van der Waals surface area contributed by atoms with Gasteiger partial charge in [0, 0.05) is 35.2 Å². The molecule has 4 amide bonds. The number of fused-ring (bicyclic) bond motifs is 5. The lowest BCUT2D eigenvalue weighted by atomic mass is 9.93. The molecule has 0 fully saturated rings. The summed E-state index contributed by atoms with van der Waals surface area (Å²) in [7, 11) is 5.77. The molecule has 1 aliphatic heterocycles. The van der Waals surface area contributed by atoms with Crippen molar-refractivity contribution in [3.63, 3.8) is 0 Å². The molecule has 4 aromatic rings. The van der Waals surface area contributed by atoms with E-state index in [0.717, 1.165) is 24.0 Å². The van der Waals surface area contributed by atoms with Crippen LogP contribution in [-0.4, -0.2) is 81.0 Å². The molecule has 12 nitrogen and oxygen atoms in total. The van der Waals surface area contributed by atoms with Gasteiger partial charge in [-0.3, -0.25) is 19.2 Å². The molecule has 1 aliphatic rings. The van der Waals surface area contributed by atoms with E-state index in [1.807, 2.05) is 37.3 Å². The maximum absolute atomic E-state index is 14.6. The van der Waals surface area contributed by atoms with Crippen LogP contribution in [0.3, 0.4) is 0 Å². The number of likely N-dealkylation sites (N-methyl/N-ethyl adjacent to an activating group) is 1. The third-order valence-corrected chi connectivity index (χ3v) is 10.3.